The summed E-state index contributed by atoms with van der Waals surface area (Å²) < 4.78 is 26.9. The maximum absolute atomic E-state index is 12.6. The monoisotopic (exact) mass is 441 g/mol. The highest BCUT2D eigenvalue weighted by atomic mass is 32.2. The summed E-state index contributed by atoms with van der Waals surface area (Å²) in [6.45, 7) is 2.21. The van der Waals surface area contributed by atoms with Crippen LogP contribution in [0.4, 0.5) is 0 Å². The normalized spacial score (nSPS) is 22.2. The first-order chi connectivity index (χ1) is 15.0. The zero-order chi connectivity index (χ0) is 21.7. The lowest BCUT2D eigenvalue weighted by Crippen LogP contribution is -2.43. The van der Waals surface area contributed by atoms with Crippen LogP contribution in [0.3, 0.4) is 0 Å². The third-order valence-corrected chi connectivity index (χ3v) is 8.21. The van der Waals surface area contributed by atoms with Crippen molar-refractivity contribution >= 4 is 15.9 Å². The molecule has 1 heterocycles. The fraction of sp³-hybridized carbons (Fsp3) is 0.458. The van der Waals surface area contributed by atoms with Gasteiger partial charge in [-0.2, -0.15) is 0 Å². The fourth-order valence-corrected chi connectivity index (χ4v) is 5.70. The van der Waals surface area contributed by atoms with Crippen LogP contribution in [-0.2, 0) is 10.0 Å². The molecule has 2 aromatic rings. The Morgan fingerprint density at radius 3 is 2.29 bits per heavy atom. The lowest BCUT2D eigenvalue weighted by molar-refractivity contribution is 0.0956. The molecule has 4 rings (SSSR count). The molecule has 1 saturated heterocycles. The Balaban J connectivity index is 1.15. The molecule has 2 N–H and O–H groups in total. The zero-order valence-corrected chi connectivity index (χ0v) is 18.6. The molecule has 2 aromatic carbocycles. The number of carbonyl (C=O) groups excluding carboxylic acids is 1. The number of amides is 1. The molecule has 2 fully saturated rings. The van der Waals surface area contributed by atoms with Gasteiger partial charge in [-0.1, -0.05) is 48.5 Å². The second-order valence-corrected chi connectivity index (χ2v) is 10.6. The van der Waals surface area contributed by atoms with Gasteiger partial charge in [0.25, 0.3) is 5.91 Å². The molecular weight excluding hydrogens is 410 g/mol. The molecule has 2 aliphatic rings. The van der Waals surface area contributed by atoms with Crippen LogP contribution >= 0.6 is 0 Å². The van der Waals surface area contributed by atoms with E-state index in [1.165, 1.54) is 12.0 Å². The molecule has 1 saturated carbocycles. The average Bonchev–Trinajstić information content (AvgIpc) is 3.59. The summed E-state index contributed by atoms with van der Waals surface area (Å²) in [6.07, 6.45) is 2.95. The number of nitrogens with one attached hydrogen (secondary N) is 2. The molecule has 1 amide bonds. The largest absolute Gasteiger partial charge is 0.351 e. The third kappa shape index (κ3) is 5.93. The maximum Gasteiger partial charge on any atom is 0.251 e. The molecule has 1 aliphatic carbocycles. The van der Waals surface area contributed by atoms with Crippen molar-refractivity contribution in [3.63, 3.8) is 0 Å². The van der Waals surface area contributed by atoms with Gasteiger partial charge in [-0.3, -0.25) is 4.79 Å². The van der Waals surface area contributed by atoms with Crippen LogP contribution in [0.1, 0.15) is 41.1 Å². The highest BCUT2D eigenvalue weighted by Crippen LogP contribution is 2.40. The molecule has 2 atom stereocenters. The van der Waals surface area contributed by atoms with Crippen LogP contribution in [-0.4, -0.2) is 56.6 Å². The third-order valence-electron chi connectivity index (χ3n) is 6.34. The van der Waals surface area contributed by atoms with Gasteiger partial charge in [0.05, 0.1) is 5.75 Å². The van der Waals surface area contributed by atoms with Crippen molar-refractivity contribution in [1.29, 1.82) is 0 Å². The number of sulfonamides is 1. The first-order valence-electron chi connectivity index (χ1n) is 11.1. The Labute approximate surface area is 185 Å². The van der Waals surface area contributed by atoms with E-state index in [1.54, 1.807) is 28.6 Å². The Bertz CT molecular complexity index is 958. The summed E-state index contributed by atoms with van der Waals surface area (Å²) in [6, 6.07) is 20.0. The molecule has 1 aliphatic heterocycles. The summed E-state index contributed by atoms with van der Waals surface area (Å²) in [5.74, 6) is 0.832. The standard InChI is InChI=1S/C24H31N3O3S/c28-24(21-9-5-2-6-10-21)25-13-16-31(29,30)27-14-11-19(12-15-27)18-26-23-17-22(23)20-7-3-1-4-8-20/h1-10,19,22-23,26H,11-18H2,(H,25,28). The molecule has 6 nitrogen and oxygen atoms in total. The molecule has 0 aromatic heterocycles. The van der Waals surface area contributed by atoms with Crippen LogP contribution in [0, 0.1) is 5.92 Å². The van der Waals surface area contributed by atoms with Crippen molar-refractivity contribution in [3.05, 3.63) is 71.8 Å². The maximum atomic E-state index is 12.6. The molecular formula is C24H31N3O3S. The first kappa shape index (κ1) is 22.0. The summed E-state index contributed by atoms with van der Waals surface area (Å²) >= 11 is 0. The summed E-state index contributed by atoms with van der Waals surface area (Å²) in [5.41, 5.74) is 1.94. The smallest absolute Gasteiger partial charge is 0.251 e. The van der Waals surface area contributed by atoms with E-state index in [0.717, 1.165) is 19.4 Å². The van der Waals surface area contributed by atoms with Gasteiger partial charge in [-0.25, -0.2) is 12.7 Å². The molecule has 0 spiro atoms. The van der Waals surface area contributed by atoms with Gasteiger partial charge in [-0.15, -0.1) is 0 Å². The quantitative estimate of drug-likeness (QED) is 0.627. The van der Waals surface area contributed by atoms with Gasteiger partial charge in [0.15, 0.2) is 0 Å². The molecule has 0 bridgehead atoms. The Hall–Kier alpha value is -2.22. The number of piperidine rings is 1. The molecule has 0 radical (unpaired) electrons. The van der Waals surface area contributed by atoms with Gasteiger partial charge in [0.1, 0.15) is 0 Å². The van der Waals surface area contributed by atoms with Crippen molar-refractivity contribution in [1.82, 2.24) is 14.9 Å². The predicted octanol–water partition coefficient (Wildman–Crippen LogP) is 2.60. The highest BCUT2D eigenvalue weighted by Gasteiger charge is 2.38. The van der Waals surface area contributed by atoms with Crippen molar-refractivity contribution in [2.75, 3.05) is 31.9 Å². The van der Waals surface area contributed by atoms with E-state index in [4.69, 9.17) is 0 Å². The van der Waals surface area contributed by atoms with Crippen LogP contribution in [0.25, 0.3) is 0 Å². The molecule has 31 heavy (non-hydrogen) atoms. The number of benzene rings is 2. The van der Waals surface area contributed by atoms with Crippen molar-refractivity contribution in [2.24, 2.45) is 5.92 Å². The lowest BCUT2D eigenvalue weighted by atomic mass is 9.98. The van der Waals surface area contributed by atoms with Gasteiger partial charge in [0, 0.05) is 37.2 Å². The Morgan fingerprint density at radius 1 is 0.968 bits per heavy atom. The van der Waals surface area contributed by atoms with Crippen LogP contribution < -0.4 is 10.6 Å². The van der Waals surface area contributed by atoms with Gasteiger partial charge in [0.2, 0.25) is 10.0 Å². The van der Waals surface area contributed by atoms with Crippen LogP contribution in [0.5, 0.6) is 0 Å². The van der Waals surface area contributed by atoms with E-state index in [-0.39, 0.29) is 18.2 Å². The predicted molar refractivity (Wildman–Crippen MR) is 122 cm³/mol. The minimum absolute atomic E-state index is 0.0602. The van der Waals surface area contributed by atoms with E-state index in [0.29, 0.717) is 36.5 Å². The number of hydrogen-bond acceptors (Lipinski definition) is 4. The topological polar surface area (TPSA) is 78.5 Å². The minimum Gasteiger partial charge on any atom is -0.351 e. The first-order valence-corrected chi connectivity index (χ1v) is 12.7. The van der Waals surface area contributed by atoms with Gasteiger partial charge >= 0.3 is 0 Å². The number of carbonyl (C=O) groups is 1. The number of hydrogen-bond donors (Lipinski definition) is 2. The summed E-state index contributed by atoms with van der Waals surface area (Å²) in [5, 5.41) is 6.38. The van der Waals surface area contributed by atoms with Crippen LogP contribution in [0.2, 0.25) is 0 Å². The van der Waals surface area contributed by atoms with Gasteiger partial charge in [-0.05, 0) is 49.4 Å². The molecule has 7 heteroatoms. The second-order valence-electron chi connectivity index (χ2n) is 8.55. The second kappa shape index (κ2) is 9.94. The Kier molecular flexibility index (Phi) is 7.05. The van der Waals surface area contributed by atoms with Crippen LogP contribution in [0.15, 0.2) is 60.7 Å². The van der Waals surface area contributed by atoms with E-state index < -0.39 is 10.0 Å². The molecule has 166 valence electrons. The van der Waals surface area contributed by atoms with Crippen molar-refractivity contribution in [2.45, 2.75) is 31.2 Å². The van der Waals surface area contributed by atoms with E-state index >= 15 is 0 Å². The summed E-state index contributed by atoms with van der Waals surface area (Å²) in [4.78, 5) is 12.1. The zero-order valence-electron chi connectivity index (χ0n) is 17.7. The average molecular weight is 442 g/mol. The molecule has 2 unspecified atom stereocenters. The van der Waals surface area contributed by atoms with E-state index in [1.807, 2.05) is 12.1 Å². The van der Waals surface area contributed by atoms with E-state index in [2.05, 4.69) is 34.9 Å². The Morgan fingerprint density at radius 2 is 1.61 bits per heavy atom. The van der Waals surface area contributed by atoms with E-state index in [9.17, 15) is 13.2 Å². The van der Waals surface area contributed by atoms with Crippen molar-refractivity contribution in [3.8, 4) is 0 Å². The van der Waals surface area contributed by atoms with Crippen molar-refractivity contribution < 1.29 is 13.2 Å². The summed E-state index contributed by atoms with van der Waals surface area (Å²) in [7, 11) is -3.35. The number of rotatable bonds is 9. The van der Waals surface area contributed by atoms with Gasteiger partial charge < -0.3 is 10.6 Å². The minimum atomic E-state index is -3.35. The SMILES string of the molecule is O=C(NCCS(=O)(=O)N1CCC(CNC2CC2c2ccccc2)CC1)c1ccccc1. The fourth-order valence-electron chi connectivity index (χ4n) is 4.31. The highest BCUT2D eigenvalue weighted by molar-refractivity contribution is 7.89. The number of nitrogens with zero attached hydrogens (tertiary/aromatic N) is 1. The lowest BCUT2D eigenvalue weighted by Gasteiger charge is -2.31.